The zero-order valence-corrected chi connectivity index (χ0v) is 16.3. The lowest BCUT2D eigenvalue weighted by atomic mass is 10.1. The minimum Gasteiger partial charge on any atom is -0.454 e. The zero-order valence-electron chi connectivity index (χ0n) is 15.5. The number of carbonyl (C=O) groups excluding carboxylic acids is 1. The van der Waals surface area contributed by atoms with Gasteiger partial charge in [0.2, 0.25) is 6.79 Å². The highest BCUT2D eigenvalue weighted by atomic mass is 32.2. The molecule has 7 nitrogen and oxygen atoms in total. The van der Waals surface area contributed by atoms with E-state index in [9.17, 15) is 13.2 Å². The van der Waals surface area contributed by atoms with Crippen LogP contribution in [0.2, 0.25) is 0 Å². The van der Waals surface area contributed by atoms with E-state index in [4.69, 9.17) is 9.47 Å². The van der Waals surface area contributed by atoms with Gasteiger partial charge in [-0.05, 0) is 55.5 Å². The number of hydrogen-bond donors (Lipinski definition) is 2. The lowest BCUT2D eigenvalue weighted by Gasteiger charge is -2.10. The molecule has 0 spiro atoms. The summed E-state index contributed by atoms with van der Waals surface area (Å²) >= 11 is 0. The normalized spacial score (nSPS) is 12.4. The van der Waals surface area contributed by atoms with Crippen LogP contribution in [0.4, 0.5) is 11.4 Å². The topological polar surface area (TPSA) is 93.7 Å². The molecule has 0 saturated heterocycles. The summed E-state index contributed by atoms with van der Waals surface area (Å²) in [6.07, 6.45) is 0. The van der Waals surface area contributed by atoms with Gasteiger partial charge in [0.1, 0.15) is 0 Å². The van der Waals surface area contributed by atoms with Crippen LogP contribution >= 0.6 is 0 Å². The standard InChI is InChI=1S/C21H18N2O5S/c1-14-5-11-17(12-6-14)29(25,26)23-16-9-7-15(8-10-16)22-21(24)18-3-2-4-19-20(18)28-13-27-19/h2-12,23H,13H2,1H3,(H,22,24). The Labute approximate surface area is 168 Å². The number of fused-ring (bicyclic) bond motifs is 1. The minimum atomic E-state index is -3.68. The third kappa shape index (κ3) is 4.02. The summed E-state index contributed by atoms with van der Waals surface area (Å²) in [6.45, 7) is 1.97. The van der Waals surface area contributed by atoms with Gasteiger partial charge in [0.25, 0.3) is 15.9 Å². The van der Waals surface area contributed by atoms with Gasteiger partial charge in [-0.3, -0.25) is 9.52 Å². The van der Waals surface area contributed by atoms with Crippen LogP contribution in [0.15, 0.2) is 71.6 Å². The molecule has 0 atom stereocenters. The van der Waals surface area contributed by atoms with Crippen molar-refractivity contribution in [3.63, 3.8) is 0 Å². The Bertz CT molecular complexity index is 1160. The summed E-state index contributed by atoms with van der Waals surface area (Å²) in [5, 5.41) is 2.76. The van der Waals surface area contributed by atoms with Gasteiger partial charge in [0.05, 0.1) is 10.5 Å². The Balaban J connectivity index is 1.46. The molecule has 4 rings (SSSR count). The molecule has 29 heavy (non-hydrogen) atoms. The van der Waals surface area contributed by atoms with Crippen LogP contribution in [0.25, 0.3) is 0 Å². The van der Waals surface area contributed by atoms with Gasteiger partial charge in [0, 0.05) is 11.4 Å². The summed E-state index contributed by atoms with van der Waals surface area (Å²) in [5.41, 5.74) is 2.25. The maximum absolute atomic E-state index is 12.5. The molecular weight excluding hydrogens is 392 g/mol. The summed E-state index contributed by atoms with van der Waals surface area (Å²) < 4.78 is 38.1. The number of para-hydroxylation sites is 1. The van der Waals surface area contributed by atoms with Crippen molar-refractivity contribution in [2.24, 2.45) is 0 Å². The first-order valence-corrected chi connectivity index (χ1v) is 10.3. The van der Waals surface area contributed by atoms with Crippen LogP contribution in [0, 0.1) is 6.92 Å². The molecule has 3 aromatic carbocycles. The number of anilines is 2. The third-order valence-electron chi connectivity index (χ3n) is 4.37. The summed E-state index contributed by atoms with van der Waals surface area (Å²) in [4.78, 5) is 12.7. The van der Waals surface area contributed by atoms with E-state index >= 15 is 0 Å². The van der Waals surface area contributed by atoms with Crippen molar-refractivity contribution in [1.82, 2.24) is 0 Å². The van der Waals surface area contributed by atoms with E-state index in [2.05, 4.69) is 10.0 Å². The lowest BCUT2D eigenvalue weighted by Crippen LogP contribution is -2.14. The van der Waals surface area contributed by atoms with Gasteiger partial charge >= 0.3 is 0 Å². The molecule has 8 heteroatoms. The molecule has 1 aliphatic rings. The zero-order chi connectivity index (χ0) is 20.4. The molecule has 0 aliphatic carbocycles. The lowest BCUT2D eigenvalue weighted by molar-refractivity contribution is 0.102. The van der Waals surface area contributed by atoms with E-state index in [-0.39, 0.29) is 17.6 Å². The van der Waals surface area contributed by atoms with Crippen LogP contribution in [-0.2, 0) is 10.0 Å². The maximum Gasteiger partial charge on any atom is 0.261 e. The number of hydrogen-bond acceptors (Lipinski definition) is 5. The molecule has 1 aliphatic heterocycles. The van der Waals surface area contributed by atoms with Gasteiger partial charge in [0.15, 0.2) is 11.5 Å². The summed E-state index contributed by atoms with van der Waals surface area (Å²) in [7, 11) is -3.68. The highest BCUT2D eigenvalue weighted by Gasteiger charge is 2.22. The van der Waals surface area contributed by atoms with Crippen LogP contribution < -0.4 is 19.5 Å². The van der Waals surface area contributed by atoms with Crippen molar-refractivity contribution in [2.45, 2.75) is 11.8 Å². The monoisotopic (exact) mass is 410 g/mol. The second-order valence-electron chi connectivity index (χ2n) is 6.49. The average molecular weight is 410 g/mol. The van der Waals surface area contributed by atoms with Crippen molar-refractivity contribution in [3.8, 4) is 11.5 Å². The van der Waals surface area contributed by atoms with E-state index in [0.717, 1.165) is 5.56 Å². The summed E-state index contributed by atoms with van der Waals surface area (Å²) in [6, 6.07) is 18.1. The number of ether oxygens (including phenoxy) is 2. The third-order valence-corrected chi connectivity index (χ3v) is 5.76. The predicted octanol–water partition coefficient (Wildman–Crippen LogP) is 3.78. The number of amides is 1. The molecule has 1 amide bonds. The first-order valence-electron chi connectivity index (χ1n) is 8.82. The Morgan fingerprint density at radius 2 is 1.59 bits per heavy atom. The van der Waals surface area contributed by atoms with Gasteiger partial charge in [-0.25, -0.2) is 8.42 Å². The van der Waals surface area contributed by atoms with Crippen LogP contribution in [0.1, 0.15) is 15.9 Å². The van der Waals surface area contributed by atoms with E-state index < -0.39 is 10.0 Å². The Morgan fingerprint density at radius 1 is 0.897 bits per heavy atom. The minimum absolute atomic E-state index is 0.0788. The number of sulfonamides is 1. The number of nitrogens with one attached hydrogen (secondary N) is 2. The quantitative estimate of drug-likeness (QED) is 0.668. The highest BCUT2D eigenvalue weighted by molar-refractivity contribution is 7.92. The number of carbonyl (C=O) groups is 1. The summed E-state index contributed by atoms with van der Waals surface area (Å²) in [5.74, 6) is 0.589. The van der Waals surface area contributed by atoms with Crippen molar-refractivity contribution < 1.29 is 22.7 Å². The molecule has 1 heterocycles. The molecule has 2 N–H and O–H groups in total. The van der Waals surface area contributed by atoms with E-state index in [1.165, 1.54) is 0 Å². The second kappa shape index (κ2) is 7.48. The van der Waals surface area contributed by atoms with Gasteiger partial charge in [-0.15, -0.1) is 0 Å². The average Bonchev–Trinajstić information content (AvgIpc) is 3.18. The molecule has 148 valence electrons. The first kappa shape index (κ1) is 18.8. The highest BCUT2D eigenvalue weighted by Crippen LogP contribution is 2.35. The molecule has 0 bridgehead atoms. The van der Waals surface area contributed by atoms with E-state index in [1.807, 2.05) is 6.92 Å². The van der Waals surface area contributed by atoms with Gasteiger partial charge in [-0.1, -0.05) is 23.8 Å². The van der Waals surface area contributed by atoms with Crippen molar-refractivity contribution in [3.05, 3.63) is 77.9 Å². The van der Waals surface area contributed by atoms with E-state index in [1.54, 1.807) is 66.7 Å². The van der Waals surface area contributed by atoms with Crippen molar-refractivity contribution in [2.75, 3.05) is 16.8 Å². The molecule has 0 radical (unpaired) electrons. The van der Waals surface area contributed by atoms with Crippen LogP contribution in [-0.4, -0.2) is 21.1 Å². The molecule has 0 unspecified atom stereocenters. The number of benzene rings is 3. The van der Waals surface area contributed by atoms with Crippen molar-refractivity contribution in [1.29, 1.82) is 0 Å². The van der Waals surface area contributed by atoms with Crippen LogP contribution in [0.3, 0.4) is 0 Å². The Kier molecular flexibility index (Phi) is 4.85. The number of rotatable bonds is 5. The van der Waals surface area contributed by atoms with E-state index in [0.29, 0.717) is 28.4 Å². The Morgan fingerprint density at radius 3 is 2.31 bits per heavy atom. The first-order chi connectivity index (χ1) is 13.9. The van der Waals surface area contributed by atoms with Gasteiger partial charge < -0.3 is 14.8 Å². The SMILES string of the molecule is Cc1ccc(S(=O)(=O)Nc2ccc(NC(=O)c3cccc4c3OCO4)cc2)cc1. The molecule has 0 fully saturated rings. The fraction of sp³-hybridized carbons (Fsp3) is 0.0952. The predicted molar refractivity (Wildman–Crippen MR) is 109 cm³/mol. The molecule has 3 aromatic rings. The van der Waals surface area contributed by atoms with Crippen molar-refractivity contribution >= 4 is 27.3 Å². The fourth-order valence-electron chi connectivity index (χ4n) is 2.86. The molecular formula is C21H18N2O5S. The fourth-order valence-corrected chi connectivity index (χ4v) is 3.92. The smallest absolute Gasteiger partial charge is 0.261 e. The maximum atomic E-state index is 12.5. The largest absolute Gasteiger partial charge is 0.454 e. The Hall–Kier alpha value is -3.52. The molecule has 0 saturated carbocycles. The van der Waals surface area contributed by atoms with Crippen LogP contribution in [0.5, 0.6) is 11.5 Å². The second-order valence-corrected chi connectivity index (χ2v) is 8.17. The molecule has 0 aromatic heterocycles. The van der Waals surface area contributed by atoms with Gasteiger partial charge in [-0.2, -0.15) is 0 Å². The number of aryl methyl sites for hydroxylation is 1.